The Morgan fingerprint density at radius 2 is 2.11 bits per heavy atom. The summed E-state index contributed by atoms with van der Waals surface area (Å²) in [6.45, 7) is 2.26. The molecule has 0 saturated heterocycles. The van der Waals surface area contributed by atoms with Crippen molar-refractivity contribution >= 4 is 22.7 Å². The molecular formula is C21H21FN4S. The highest BCUT2D eigenvalue weighted by Gasteiger charge is 2.17. The zero-order valence-electron chi connectivity index (χ0n) is 15.2. The number of hydrogen-bond donors (Lipinski definition) is 0. The minimum atomic E-state index is -0.255. The largest absolute Gasteiger partial charge is 0.262 e. The Balaban J connectivity index is 1.87. The number of aromatic nitrogens is 2. The number of halogens is 1. The van der Waals surface area contributed by atoms with E-state index in [1.807, 2.05) is 23.6 Å². The first kappa shape index (κ1) is 17.8. The highest BCUT2D eigenvalue weighted by Crippen LogP contribution is 2.26. The lowest BCUT2D eigenvalue weighted by Crippen LogP contribution is -2.18. The van der Waals surface area contributed by atoms with Gasteiger partial charge in [-0.1, -0.05) is 19.1 Å². The minimum Gasteiger partial charge on any atom is -0.262 e. The lowest BCUT2D eigenvalue weighted by atomic mass is 9.89. The van der Waals surface area contributed by atoms with Crippen LogP contribution in [0.4, 0.5) is 10.1 Å². The SMILES string of the molecule is CC1CCCC(=Nn2c(-c3ccccc3F)csc2=Nc2cccnc2)C1. The third-order valence-corrected chi connectivity index (χ3v) is 5.51. The van der Waals surface area contributed by atoms with Crippen LogP contribution in [0.2, 0.25) is 0 Å². The van der Waals surface area contributed by atoms with E-state index >= 15 is 0 Å². The molecule has 0 aliphatic heterocycles. The molecule has 1 saturated carbocycles. The molecule has 1 unspecified atom stereocenters. The lowest BCUT2D eigenvalue weighted by Gasteiger charge is -2.19. The van der Waals surface area contributed by atoms with E-state index in [1.54, 1.807) is 29.2 Å². The Bertz CT molecular complexity index is 1020. The molecule has 0 N–H and O–H groups in total. The minimum absolute atomic E-state index is 0.255. The molecule has 138 valence electrons. The van der Waals surface area contributed by atoms with Gasteiger partial charge in [-0.05, 0) is 55.9 Å². The first-order chi connectivity index (χ1) is 13.2. The molecule has 0 bridgehead atoms. The predicted octanol–water partition coefficient (Wildman–Crippen LogP) is 5.40. The van der Waals surface area contributed by atoms with Crippen molar-refractivity contribution in [3.8, 4) is 11.3 Å². The molecule has 4 rings (SSSR count). The van der Waals surface area contributed by atoms with Gasteiger partial charge in [0.15, 0.2) is 0 Å². The average Bonchev–Trinajstić information content (AvgIpc) is 3.05. The molecular weight excluding hydrogens is 359 g/mol. The van der Waals surface area contributed by atoms with Crippen LogP contribution in [-0.4, -0.2) is 15.4 Å². The van der Waals surface area contributed by atoms with Crippen LogP contribution >= 0.6 is 11.3 Å². The quantitative estimate of drug-likeness (QED) is 0.600. The summed E-state index contributed by atoms with van der Waals surface area (Å²) in [5.74, 6) is 0.376. The van der Waals surface area contributed by atoms with Crippen molar-refractivity contribution in [3.63, 3.8) is 0 Å². The Hall–Kier alpha value is -2.60. The summed E-state index contributed by atoms with van der Waals surface area (Å²) in [6.07, 6.45) is 7.77. The summed E-state index contributed by atoms with van der Waals surface area (Å²) in [5, 5.41) is 6.83. The molecule has 27 heavy (non-hydrogen) atoms. The van der Waals surface area contributed by atoms with Gasteiger partial charge in [-0.3, -0.25) is 4.98 Å². The van der Waals surface area contributed by atoms with Gasteiger partial charge in [-0.25, -0.2) is 14.1 Å². The van der Waals surface area contributed by atoms with Crippen molar-refractivity contribution in [2.24, 2.45) is 16.0 Å². The van der Waals surface area contributed by atoms with Gasteiger partial charge in [-0.15, -0.1) is 11.3 Å². The van der Waals surface area contributed by atoms with Gasteiger partial charge < -0.3 is 0 Å². The maximum atomic E-state index is 14.4. The smallest absolute Gasteiger partial charge is 0.211 e. The summed E-state index contributed by atoms with van der Waals surface area (Å²) in [7, 11) is 0. The van der Waals surface area contributed by atoms with E-state index in [2.05, 4.69) is 11.9 Å². The molecule has 4 nitrogen and oxygen atoms in total. The third kappa shape index (κ3) is 4.06. The summed E-state index contributed by atoms with van der Waals surface area (Å²) >= 11 is 1.46. The average molecular weight is 380 g/mol. The van der Waals surface area contributed by atoms with E-state index in [-0.39, 0.29) is 5.82 Å². The lowest BCUT2D eigenvalue weighted by molar-refractivity contribution is 0.497. The van der Waals surface area contributed by atoms with Crippen LogP contribution in [0.3, 0.4) is 0 Å². The summed E-state index contributed by atoms with van der Waals surface area (Å²) < 4.78 is 16.2. The highest BCUT2D eigenvalue weighted by molar-refractivity contribution is 7.07. The maximum Gasteiger partial charge on any atom is 0.211 e. The van der Waals surface area contributed by atoms with Gasteiger partial charge >= 0.3 is 0 Å². The molecule has 6 heteroatoms. The van der Waals surface area contributed by atoms with Crippen LogP contribution in [0.5, 0.6) is 0 Å². The molecule has 2 aromatic heterocycles. The molecule has 1 aliphatic rings. The second-order valence-corrected chi connectivity index (χ2v) is 7.72. The zero-order chi connectivity index (χ0) is 18.6. The van der Waals surface area contributed by atoms with Gasteiger partial charge in [-0.2, -0.15) is 5.10 Å². The fourth-order valence-electron chi connectivity index (χ4n) is 3.35. The third-order valence-electron chi connectivity index (χ3n) is 4.69. The number of hydrogen-bond acceptors (Lipinski definition) is 4. The van der Waals surface area contributed by atoms with Crippen LogP contribution in [0.15, 0.2) is 64.3 Å². The Labute approximate surface area is 161 Å². The van der Waals surface area contributed by atoms with Gasteiger partial charge in [0.2, 0.25) is 4.80 Å². The monoisotopic (exact) mass is 380 g/mol. The van der Waals surface area contributed by atoms with E-state index in [1.165, 1.54) is 23.8 Å². The van der Waals surface area contributed by atoms with Gasteiger partial charge in [0.1, 0.15) is 5.82 Å². The molecule has 1 atom stereocenters. The van der Waals surface area contributed by atoms with Crippen molar-refractivity contribution in [1.29, 1.82) is 0 Å². The van der Waals surface area contributed by atoms with E-state index < -0.39 is 0 Å². The van der Waals surface area contributed by atoms with E-state index in [4.69, 9.17) is 10.1 Å². The molecule has 0 radical (unpaired) electrons. The van der Waals surface area contributed by atoms with Gasteiger partial charge in [0.05, 0.1) is 17.6 Å². The normalized spacial score (nSPS) is 19.6. The van der Waals surface area contributed by atoms with E-state index in [9.17, 15) is 4.39 Å². The van der Waals surface area contributed by atoms with Crippen molar-refractivity contribution < 1.29 is 4.39 Å². The van der Waals surface area contributed by atoms with Crippen LogP contribution in [-0.2, 0) is 0 Å². The molecule has 3 aromatic rings. The van der Waals surface area contributed by atoms with Crippen molar-refractivity contribution in [3.05, 3.63) is 64.8 Å². The summed E-state index contributed by atoms with van der Waals surface area (Å²) in [6, 6.07) is 10.6. The summed E-state index contributed by atoms with van der Waals surface area (Å²) in [5.41, 5.74) is 3.17. The standard InChI is InChI=1S/C21H21FN4S/c1-15-6-4-7-16(12-15)25-26-20(18-9-2-3-10-19(18)22)14-27-21(26)24-17-8-5-11-23-13-17/h2-3,5,8-11,13-15H,4,6-7,12H2,1H3. The number of benzene rings is 1. The van der Waals surface area contributed by atoms with Crippen molar-refractivity contribution in [2.75, 3.05) is 0 Å². The molecule has 0 spiro atoms. The maximum absolute atomic E-state index is 14.4. The van der Waals surface area contributed by atoms with Crippen LogP contribution in [0, 0.1) is 11.7 Å². The highest BCUT2D eigenvalue weighted by atomic mass is 32.1. The first-order valence-electron chi connectivity index (χ1n) is 9.17. The molecule has 1 fully saturated rings. The second kappa shape index (κ2) is 7.96. The Morgan fingerprint density at radius 1 is 1.22 bits per heavy atom. The van der Waals surface area contributed by atoms with Crippen molar-refractivity contribution in [2.45, 2.75) is 32.6 Å². The van der Waals surface area contributed by atoms with Crippen LogP contribution in [0.25, 0.3) is 11.3 Å². The number of nitrogens with zero attached hydrogens (tertiary/aromatic N) is 4. The Kier molecular flexibility index (Phi) is 5.25. The Morgan fingerprint density at radius 3 is 2.89 bits per heavy atom. The first-order valence-corrected chi connectivity index (χ1v) is 10.1. The molecule has 2 heterocycles. The zero-order valence-corrected chi connectivity index (χ0v) is 16.0. The molecule has 0 amide bonds. The second-order valence-electron chi connectivity index (χ2n) is 6.89. The number of pyridine rings is 1. The number of rotatable bonds is 3. The predicted molar refractivity (Wildman–Crippen MR) is 108 cm³/mol. The number of thiazole rings is 1. The van der Waals surface area contributed by atoms with Gasteiger partial charge in [0, 0.05) is 22.9 Å². The molecule has 1 aromatic carbocycles. The van der Waals surface area contributed by atoms with Gasteiger partial charge in [0.25, 0.3) is 0 Å². The summed E-state index contributed by atoms with van der Waals surface area (Å²) in [4.78, 5) is 9.53. The topological polar surface area (TPSA) is 42.5 Å². The fourth-order valence-corrected chi connectivity index (χ4v) is 4.19. The van der Waals surface area contributed by atoms with Crippen LogP contribution in [0.1, 0.15) is 32.6 Å². The fraction of sp³-hybridized carbons (Fsp3) is 0.286. The van der Waals surface area contributed by atoms with Crippen LogP contribution < -0.4 is 4.80 Å². The van der Waals surface area contributed by atoms with Crippen molar-refractivity contribution in [1.82, 2.24) is 9.66 Å². The van der Waals surface area contributed by atoms with E-state index in [0.29, 0.717) is 16.3 Å². The van der Waals surface area contributed by atoms with E-state index in [0.717, 1.165) is 36.4 Å². The molecule has 1 aliphatic carbocycles.